The lowest BCUT2D eigenvalue weighted by Gasteiger charge is -2.28. The van der Waals surface area contributed by atoms with Crippen LogP contribution in [-0.4, -0.2) is 41.8 Å². The number of hydrogen-bond donors (Lipinski definition) is 1. The van der Waals surface area contributed by atoms with Crippen LogP contribution >= 0.6 is 15.9 Å². The van der Waals surface area contributed by atoms with Gasteiger partial charge in [0, 0.05) is 36.3 Å². The fraction of sp³-hybridized carbons (Fsp3) is 0.273. The highest BCUT2D eigenvalue weighted by atomic mass is 79.9. The molecule has 0 spiro atoms. The molecule has 1 N–H and O–H groups in total. The van der Waals surface area contributed by atoms with E-state index in [1.807, 2.05) is 6.07 Å². The minimum Gasteiger partial charge on any atom is -0.496 e. The smallest absolute Gasteiger partial charge is 0.271 e. The van der Waals surface area contributed by atoms with E-state index in [9.17, 15) is 19.7 Å². The highest BCUT2D eigenvalue weighted by Gasteiger charge is 2.26. The maximum atomic E-state index is 13.3. The molecule has 8 nitrogen and oxygen atoms in total. The van der Waals surface area contributed by atoms with Crippen molar-refractivity contribution in [1.29, 1.82) is 0 Å². The molecule has 3 rings (SSSR count). The molecule has 9 heteroatoms. The maximum absolute atomic E-state index is 13.3. The highest BCUT2D eigenvalue weighted by molar-refractivity contribution is 9.15. The molecule has 2 aromatic carbocycles. The normalized spacial score (nSPS) is 14.5. The van der Waals surface area contributed by atoms with Crippen molar-refractivity contribution in [3.63, 3.8) is 0 Å². The molecule has 1 aliphatic heterocycles. The molecule has 2 amide bonds. The number of nitro groups is 1. The number of non-ortho nitro benzene ring substituents is 1. The molecule has 0 atom stereocenters. The fourth-order valence-electron chi connectivity index (χ4n) is 3.34. The van der Waals surface area contributed by atoms with E-state index in [0.29, 0.717) is 28.9 Å². The number of benzene rings is 2. The Morgan fingerprint density at radius 2 is 1.71 bits per heavy atom. The molecule has 1 saturated heterocycles. The predicted molar refractivity (Wildman–Crippen MR) is 120 cm³/mol. The Morgan fingerprint density at radius 3 is 2.32 bits per heavy atom. The average molecular weight is 488 g/mol. The third-order valence-electron chi connectivity index (χ3n) is 5.00. The third kappa shape index (κ3) is 5.29. The summed E-state index contributed by atoms with van der Waals surface area (Å²) in [6.07, 6.45) is 2.87. The number of carbonyl (C=O) groups excluding carboxylic acids is 2. The fourth-order valence-corrected chi connectivity index (χ4v) is 3.93. The van der Waals surface area contributed by atoms with Crippen LogP contribution in [0.1, 0.15) is 35.2 Å². The number of para-hydroxylation sites is 1. The molecular formula is C22H22BrN3O5. The molecule has 0 radical (unpaired) electrons. The van der Waals surface area contributed by atoms with Gasteiger partial charge in [-0.05, 0) is 53.4 Å². The highest BCUT2D eigenvalue weighted by Crippen LogP contribution is 2.33. The van der Waals surface area contributed by atoms with E-state index in [1.54, 1.807) is 23.1 Å². The number of carbonyl (C=O) groups is 2. The number of methoxy groups -OCH3 is 1. The van der Waals surface area contributed by atoms with Gasteiger partial charge in [0.1, 0.15) is 11.4 Å². The van der Waals surface area contributed by atoms with Gasteiger partial charge in [-0.1, -0.05) is 18.2 Å². The van der Waals surface area contributed by atoms with E-state index in [1.165, 1.54) is 31.4 Å². The first-order chi connectivity index (χ1) is 14.9. The molecule has 0 saturated carbocycles. The van der Waals surface area contributed by atoms with Crippen molar-refractivity contribution in [1.82, 2.24) is 10.2 Å². The molecule has 2 aromatic rings. The van der Waals surface area contributed by atoms with Crippen LogP contribution in [0.15, 0.2) is 54.2 Å². The summed E-state index contributed by atoms with van der Waals surface area (Å²) in [5, 5.41) is 13.6. The number of rotatable bonds is 6. The van der Waals surface area contributed by atoms with Gasteiger partial charge in [0.05, 0.1) is 16.5 Å². The van der Waals surface area contributed by atoms with Crippen LogP contribution in [0.3, 0.4) is 0 Å². The Bertz CT molecular complexity index is 1010. The Hall–Kier alpha value is -3.20. The van der Waals surface area contributed by atoms with Crippen molar-refractivity contribution in [3.05, 3.63) is 75.5 Å². The van der Waals surface area contributed by atoms with Crippen molar-refractivity contribution < 1.29 is 19.2 Å². The molecule has 1 fully saturated rings. The predicted octanol–water partition coefficient (Wildman–Crippen LogP) is 4.11. The molecule has 1 heterocycles. The minimum atomic E-state index is -0.540. The summed E-state index contributed by atoms with van der Waals surface area (Å²) < 4.78 is 5.80. The molecular weight excluding hydrogens is 466 g/mol. The van der Waals surface area contributed by atoms with E-state index >= 15 is 0 Å². The van der Waals surface area contributed by atoms with Crippen molar-refractivity contribution in [3.8, 4) is 5.75 Å². The van der Waals surface area contributed by atoms with Gasteiger partial charge >= 0.3 is 0 Å². The summed E-state index contributed by atoms with van der Waals surface area (Å²) in [5.74, 6) is -0.294. The monoisotopic (exact) mass is 487 g/mol. The van der Waals surface area contributed by atoms with Gasteiger partial charge < -0.3 is 15.0 Å². The zero-order valence-electron chi connectivity index (χ0n) is 17.0. The Morgan fingerprint density at radius 1 is 1.06 bits per heavy atom. The number of ether oxygens (including phenoxy) is 1. The van der Waals surface area contributed by atoms with E-state index in [2.05, 4.69) is 21.2 Å². The van der Waals surface area contributed by atoms with E-state index < -0.39 is 10.8 Å². The number of halogens is 1. The lowest BCUT2D eigenvalue weighted by Crippen LogP contribution is -2.41. The molecule has 1 aliphatic rings. The number of nitro benzene ring substituents is 1. The summed E-state index contributed by atoms with van der Waals surface area (Å²) in [5.41, 5.74) is 0.797. The average Bonchev–Trinajstić information content (AvgIpc) is 2.82. The van der Waals surface area contributed by atoms with Crippen LogP contribution in [0, 0.1) is 10.1 Å². The summed E-state index contributed by atoms with van der Waals surface area (Å²) in [4.78, 5) is 38.2. The number of nitrogens with zero attached hydrogens (tertiary/aromatic N) is 2. The van der Waals surface area contributed by atoms with Crippen LogP contribution < -0.4 is 10.1 Å². The van der Waals surface area contributed by atoms with Crippen LogP contribution in [0.2, 0.25) is 0 Å². The molecule has 0 bridgehead atoms. The molecule has 0 unspecified atom stereocenters. The van der Waals surface area contributed by atoms with Gasteiger partial charge in [0.2, 0.25) is 0 Å². The first kappa shape index (κ1) is 22.5. The lowest BCUT2D eigenvalue weighted by molar-refractivity contribution is -0.384. The molecule has 0 aromatic heterocycles. The molecule has 0 aliphatic carbocycles. The second kappa shape index (κ2) is 10.2. The van der Waals surface area contributed by atoms with Crippen molar-refractivity contribution in [2.24, 2.45) is 0 Å². The zero-order chi connectivity index (χ0) is 22.4. The largest absolute Gasteiger partial charge is 0.496 e. The first-order valence-electron chi connectivity index (χ1n) is 9.80. The van der Waals surface area contributed by atoms with Gasteiger partial charge in [-0.2, -0.15) is 0 Å². The van der Waals surface area contributed by atoms with Gasteiger partial charge in [-0.25, -0.2) is 0 Å². The first-order valence-corrected chi connectivity index (χ1v) is 10.6. The van der Waals surface area contributed by atoms with E-state index in [-0.39, 0.29) is 22.9 Å². The van der Waals surface area contributed by atoms with Crippen LogP contribution in [0.25, 0.3) is 4.48 Å². The maximum Gasteiger partial charge on any atom is 0.271 e. The third-order valence-corrected chi connectivity index (χ3v) is 5.82. The standard InChI is InChI=1S/C22H22BrN3O5/c1-31-18-8-4-3-7-17(18)19(23)20(22(28)25-13-5-2-6-14-25)24-21(27)15-9-11-16(12-10-15)26(29)30/h3-4,7-12H,2,5-6,13-14H2,1H3,(H,24,27)/b20-19+. The summed E-state index contributed by atoms with van der Waals surface area (Å²) in [6.45, 7) is 1.23. The number of piperidine rings is 1. The quantitative estimate of drug-likeness (QED) is 0.375. The lowest BCUT2D eigenvalue weighted by atomic mass is 10.1. The summed E-state index contributed by atoms with van der Waals surface area (Å²) in [6, 6.07) is 12.4. The van der Waals surface area contributed by atoms with E-state index in [0.717, 1.165) is 19.3 Å². The topological polar surface area (TPSA) is 102 Å². The Kier molecular flexibility index (Phi) is 7.41. The number of nitrogens with one attached hydrogen (secondary N) is 1. The second-order valence-electron chi connectivity index (χ2n) is 7.00. The van der Waals surface area contributed by atoms with Crippen LogP contribution in [-0.2, 0) is 4.79 Å². The van der Waals surface area contributed by atoms with Gasteiger partial charge in [-0.15, -0.1) is 0 Å². The van der Waals surface area contributed by atoms with Crippen LogP contribution in [0.4, 0.5) is 5.69 Å². The molecule has 162 valence electrons. The van der Waals surface area contributed by atoms with Gasteiger partial charge in [0.15, 0.2) is 0 Å². The van der Waals surface area contributed by atoms with Crippen molar-refractivity contribution in [2.45, 2.75) is 19.3 Å². The van der Waals surface area contributed by atoms with Crippen LogP contribution in [0.5, 0.6) is 5.75 Å². The van der Waals surface area contributed by atoms with Gasteiger partial charge in [-0.3, -0.25) is 19.7 Å². The molecule has 31 heavy (non-hydrogen) atoms. The van der Waals surface area contributed by atoms with Gasteiger partial charge in [0.25, 0.3) is 17.5 Å². The van der Waals surface area contributed by atoms with E-state index in [4.69, 9.17) is 4.74 Å². The number of likely N-dealkylation sites (tertiary alicyclic amines) is 1. The second-order valence-corrected chi connectivity index (χ2v) is 7.79. The summed E-state index contributed by atoms with van der Waals surface area (Å²) >= 11 is 3.49. The SMILES string of the molecule is COc1ccccc1/C(Br)=C(\NC(=O)c1ccc([N+](=O)[O-])cc1)C(=O)N1CCCCC1. The Labute approximate surface area is 188 Å². The number of hydrogen-bond acceptors (Lipinski definition) is 5. The minimum absolute atomic E-state index is 0.0924. The van der Waals surface area contributed by atoms with Crippen molar-refractivity contribution >= 4 is 37.9 Å². The van der Waals surface area contributed by atoms with Crippen molar-refractivity contribution in [2.75, 3.05) is 20.2 Å². The number of amides is 2. The zero-order valence-corrected chi connectivity index (χ0v) is 18.6. The summed E-state index contributed by atoms with van der Waals surface area (Å²) in [7, 11) is 1.53. The Balaban J connectivity index is 1.98.